The molecule has 1 aromatic heterocycles. The largest absolute Gasteiger partial charge is 0.351 e. The number of nitrogens with one attached hydrogen (secondary N) is 2. The highest BCUT2D eigenvalue weighted by atomic mass is 19.1. The minimum Gasteiger partial charge on any atom is -0.351 e. The normalized spacial score (nSPS) is 14.3. The third kappa shape index (κ3) is 3.99. The summed E-state index contributed by atoms with van der Waals surface area (Å²) in [6, 6.07) is 18.6. The molecule has 0 bridgehead atoms. The van der Waals surface area contributed by atoms with Crippen LogP contribution in [0.5, 0.6) is 0 Å². The molecule has 1 fully saturated rings. The Hall–Kier alpha value is -2.95. The van der Waals surface area contributed by atoms with Crippen LogP contribution in [0.1, 0.15) is 25.7 Å². The topological polar surface area (TPSA) is 49.8 Å². The molecular formula is C21H21FN4. The van der Waals surface area contributed by atoms with Crippen molar-refractivity contribution in [2.75, 3.05) is 10.6 Å². The van der Waals surface area contributed by atoms with Crippen LogP contribution in [0.4, 0.5) is 21.8 Å². The molecule has 132 valence electrons. The molecule has 0 unspecified atom stereocenters. The van der Waals surface area contributed by atoms with Gasteiger partial charge >= 0.3 is 0 Å². The summed E-state index contributed by atoms with van der Waals surface area (Å²) in [7, 11) is 0. The Kier molecular flexibility index (Phi) is 4.78. The standard InChI is InChI=1S/C21H21FN4/c22-16-10-12-18(13-11-16)23-20-14-19(15-6-2-1-3-7-15)25-21(26-20)24-17-8-4-5-9-17/h1-3,6-7,10-14,17H,4-5,8-9H2,(H2,23,24,25,26). The second-order valence-electron chi connectivity index (χ2n) is 6.59. The molecule has 1 saturated carbocycles. The molecule has 26 heavy (non-hydrogen) atoms. The van der Waals surface area contributed by atoms with Gasteiger partial charge in [-0.25, -0.2) is 9.37 Å². The average Bonchev–Trinajstić information content (AvgIpc) is 3.17. The van der Waals surface area contributed by atoms with Crippen molar-refractivity contribution in [2.45, 2.75) is 31.7 Å². The lowest BCUT2D eigenvalue weighted by molar-refractivity contribution is 0.628. The zero-order valence-corrected chi connectivity index (χ0v) is 14.5. The molecule has 0 saturated heterocycles. The van der Waals surface area contributed by atoms with Gasteiger partial charge in [-0.3, -0.25) is 0 Å². The molecule has 2 N–H and O–H groups in total. The minimum atomic E-state index is -0.258. The number of hydrogen-bond acceptors (Lipinski definition) is 4. The van der Waals surface area contributed by atoms with E-state index in [4.69, 9.17) is 4.98 Å². The molecule has 0 spiro atoms. The summed E-state index contributed by atoms with van der Waals surface area (Å²) in [4.78, 5) is 9.31. The van der Waals surface area contributed by atoms with E-state index in [1.54, 1.807) is 12.1 Å². The lowest BCUT2D eigenvalue weighted by Crippen LogP contribution is -2.17. The van der Waals surface area contributed by atoms with Gasteiger partial charge in [0, 0.05) is 23.4 Å². The highest BCUT2D eigenvalue weighted by Crippen LogP contribution is 2.26. The van der Waals surface area contributed by atoms with Crippen molar-refractivity contribution in [2.24, 2.45) is 0 Å². The zero-order valence-electron chi connectivity index (χ0n) is 14.5. The average molecular weight is 348 g/mol. The number of hydrogen-bond donors (Lipinski definition) is 2. The Labute approximate surface area is 152 Å². The predicted molar refractivity (Wildman–Crippen MR) is 103 cm³/mol. The molecule has 0 atom stereocenters. The molecule has 2 aromatic carbocycles. The van der Waals surface area contributed by atoms with Crippen molar-refractivity contribution in [3.05, 3.63) is 66.5 Å². The summed E-state index contributed by atoms with van der Waals surface area (Å²) in [5, 5.41) is 6.71. The smallest absolute Gasteiger partial charge is 0.225 e. The first-order valence-corrected chi connectivity index (χ1v) is 9.00. The van der Waals surface area contributed by atoms with Gasteiger partial charge in [0.1, 0.15) is 11.6 Å². The van der Waals surface area contributed by atoms with Crippen LogP contribution in [0.3, 0.4) is 0 Å². The van der Waals surface area contributed by atoms with Crippen LogP contribution in [-0.2, 0) is 0 Å². The van der Waals surface area contributed by atoms with Crippen LogP contribution in [0.15, 0.2) is 60.7 Å². The van der Waals surface area contributed by atoms with Crippen LogP contribution >= 0.6 is 0 Å². The first-order valence-electron chi connectivity index (χ1n) is 9.00. The van der Waals surface area contributed by atoms with Crippen molar-refractivity contribution >= 4 is 17.5 Å². The van der Waals surface area contributed by atoms with Gasteiger partial charge in [0.05, 0.1) is 5.69 Å². The molecule has 1 aliphatic carbocycles. The van der Waals surface area contributed by atoms with Gasteiger partial charge in [-0.2, -0.15) is 4.98 Å². The highest BCUT2D eigenvalue weighted by Gasteiger charge is 2.16. The van der Waals surface area contributed by atoms with Crippen LogP contribution in [0.2, 0.25) is 0 Å². The molecule has 4 rings (SSSR count). The monoisotopic (exact) mass is 348 g/mol. The van der Waals surface area contributed by atoms with Gasteiger partial charge in [-0.1, -0.05) is 43.2 Å². The third-order valence-electron chi connectivity index (χ3n) is 4.60. The van der Waals surface area contributed by atoms with Gasteiger partial charge < -0.3 is 10.6 Å². The second-order valence-corrected chi connectivity index (χ2v) is 6.59. The Bertz CT molecular complexity index is 859. The van der Waals surface area contributed by atoms with E-state index in [1.807, 2.05) is 36.4 Å². The van der Waals surface area contributed by atoms with Gasteiger partial charge in [0.25, 0.3) is 0 Å². The van der Waals surface area contributed by atoms with E-state index in [9.17, 15) is 4.39 Å². The van der Waals surface area contributed by atoms with E-state index >= 15 is 0 Å². The molecule has 0 radical (unpaired) electrons. The first-order chi connectivity index (χ1) is 12.8. The third-order valence-corrected chi connectivity index (χ3v) is 4.60. The van der Waals surface area contributed by atoms with E-state index < -0.39 is 0 Å². The van der Waals surface area contributed by atoms with Crippen molar-refractivity contribution < 1.29 is 4.39 Å². The molecule has 0 amide bonds. The Morgan fingerprint density at radius 3 is 2.35 bits per heavy atom. The molecular weight excluding hydrogens is 327 g/mol. The first kappa shape index (κ1) is 16.5. The molecule has 3 aromatic rings. The van der Waals surface area contributed by atoms with Crippen LogP contribution in [0.25, 0.3) is 11.3 Å². The summed E-state index contributed by atoms with van der Waals surface area (Å²) in [6.45, 7) is 0. The molecule has 1 aliphatic rings. The van der Waals surface area contributed by atoms with Crippen LogP contribution in [-0.4, -0.2) is 16.0 Å². The van der Waals surface area contributed by atoms with E-state index in [0.29, 0.717) is 17.8 Å². The van der Waals surface area contributed by atoms with E-state index in [-0.39, 0.29) is 5.82 Å². The maximum atomic E-state index is 13.1. The maximum Gasteiger partial charge on any atom is 0.225 e. The number of benzene rings is 2. The van der Waals surface area contributed by atoms with Crippen molar-refractivity contribution in [1.29, 1.82) is 0 Å². The highest BCUT2D eigenvalue weighted by molar-refractivity contribution is 5.67. The fourth-order valence-electron chi connectivity index (χ4n) is 3.27. The predicted octanol–water partition coefficient (Wildman–Crippen LogP) is 5.38. The summed E-state index contributed by atoms with van der Waals surface area (Å²) in [5.41, 5.74) is 2.67. The fourth-order valence-corrected chi connectivity index (χ4v) is 3.27. The zero-order chi connectivity index (χ0) is 17.8. The van der Waals surface area contributed by atoms with E-state index in [2.05, 4.69) is 15.6 Å². The Morgan fingerprint density at radius 2 is 1.62 bits per heavy atom. The van der Waals surface area contributed by atoms with Crippen LogP contribution < -0.4 is 10.6 Å². The molecule has 5 heteroatoms. The van der Waals surface area contributed by atoms with E-state index in [0.717, 1.165) is 29.8 Å². The lowest BCUT2D eigenvalue weighted by Gasteiger charge is -2.15. The number of anilines is 3. The summed E-state index contributed by atoms with van der Waals surface area (Å²) >= 11 is 0. The summed E-state index contributed by atoms with van der Waals surface area (Å²) < 4.78 is 13.1. The van der Waals surface area contributed by atoms with Gasteiger partial charge in [-0.15, -0.1) is 0 Å². The van der Waals surface area contributed by atoms with Gasteiger partial charge in [-0.05, 0) is 37.1 Å². The second kappa shape index (κ2) is 7.52. The number of rotatable bonds is 5. The number of halogens is 1. The number of nitrogens with zero attached hydrogens (tertiary/aromatic N) is 2. The quantitative estimate of drug-likeness (QED) is 0.650. The van der Waals surface area contributed by atoms with Crippen molar-refractivity contribution in [1.82, 2.24) is 9.97 Å². The van der Waals surface area contributed by atoms with Crippen molar-refractivity contribution in [3.63, 3.8) is 0 Å². The Balaban J connectivity index is 1.65. The molecule has 0 aliphatic heterocycles. The molecule has 4 nitrogen and oxygen atoms in total. The van der Waals surface area contributed by atoms with Gasteiger partial charge in [0.15, 0.2) is 0 Å². The summed E-state index contributed by atoms with van der Waals surface area (Å²) in [5.74, 6) is 1.06. The van der Waals surface area contributed by atoms with Crippen molar-refractivity contribution in [3.8, 4) is 11.3 Å². The molecule has 1 heterocycles. The van der Waals surface area contributed by atoms with Crippen LogP contribution in [0, 0.1) is 5.82 Å². The lowest BCUT2D eigenvalue weighted by atomic mass is 10.1. The number of aromatic nitrogens is 2. The maximum absolute atomic E-state index is 13.1. The fraction of sp³-hybridized carbons (Fsp3) is 0.238. The minimum absolute atomic E-state index is 0.258. The van der Waals surface area contributed by atoms with E-state index in [1.165, 1.54) is 25.0 Å². The Morgan fingerprint density at radius 1 is 0.885 bits per heavy atom. The SMILES string of the molecule is Fc1ccc(Nc2cc(-c3ccccc3)nc(NC3CCCC3)n2)cc1. The summed E-state index contributed by atoms with van der Waals surface area (Å²) in [6.07, 6.45) is 4.80. The van der Waals surface area contributed by atoms with Gasteiger partial charge in [0.2, 0.25) is 5.95 Å².